The van der Waals surface area contributed by atoms with E-state index in [9.17, 15) is 0 Å². The minimum Gasteiger partial charge on any atom is -0.490 e. The van der Waals surface area contributed by atoms with Gasteiger partial charge in [-0.2, -0.15) is 0 Å². The highest BCUT2D eigenvalue weighted by molar-refractivity contribution is 6.31. The van der Waals surface area contributed by atoms with E-state index in [2.05, 4.69) is 24.9 Å². The summed E-state index contributed by atoms with van der Waals surface area (Å²) in [6.45, 7) is 9.46. The van der Waals surface area contributed by atoms with Crippen molar-refractivity contribution < 1.29 is 9.47 Å². The van der Waals surface area contributed by atoms with Crippen LogP contribution in [0.2, 0.25) is 10.0 Å². The topological polar surface area (TPSA) is 30.5 Å². The van der Waals surface area contributed by atoms with Crippen molar-refractivity contribution in [1.82, 2.24) is 0 Å². The first-order chi connectivity index (χ1) is 15.0. The van der Waals surface area contributed by atoms with Crippen LogP contribution in [0.5, 0.6) is 11.5 Å². The summed E-state index contributed by atoms with van der Waals surface area (Å²) < 4.78 is 12.1. The molecule has 1 N–H and O–H groups in total. The van der Waals surface area contributed by atoms with E-state index in [-0.39, 0.29) is 0 Å². The minimum atomic E-state index is 0.364. The molecule has 3 nitrogen and oxygen atoms in total. The molecule has 0 aliphatic heterocycles. The van der Waals surface area contributed by atoms with Gasteiger partial charge in [-0.05, 0) is 61.7 Å². The van der Waals surface area contributed by atoms with Gasteiger partial charge in [0.15, 0.2) is 11.5 Å². The van der Waals surface area contributed by atoms with E-state index in [0.717, 1.165) is 33.7 Å². The fraction of sp³-hybridized carbons (Fsp3) is 0.231. The van der Waals surface area contributed by atoms with E-state index < -0.39 is 0 Å². The summed E-state index contributed by atoms with van der Waals surface area (Å²) in [5.41, 5.74) is 5.19. The van der Waals surface area contributed by atoms with Gasteiger partial charge in [-0.3, -0.25) is 0 Å². The van der Waals surface area contributed by atoms with E-state index in [1.165, 1.54) is 0 Å². The monoisotopic (exact) mass is 455 g/mol. The number of nitrogens with one attached hydrogen (secondary N) is 1. The summed E-state index contributed by atoms with van der Waals surface area (Å²) >= 11 is 12.4. The molecule has 0 amide bonds. The van der Waals surface area contributed by atoms with E-state index in [0.29, 0.717) is 42.0 Å². The van der Waals surface area contributed by atoms with Gasteiger partial charge in [-0.15, -0.1) is 6.58 Å². The molecule has 0 saturated carbocycles. The average Bonchev–Trinajstić information content (AvgIpc) is 2.75. The van der Waals surface area contributed by atoms with Gasteiger partial charge in [0, 0.05) is 33.4 Å². The third-order valence-corrected chi connectivity index (χ3v) is 5.47. The lowest BCUT2D eigenvalue weighted by Gasteiger charge is -2.18. The fourth-order valence-electron chi connectivity index (χ4n) is 3.31. The van der Waals surface area contributed by atoms with E-state index in [4.69, 9.17) is 32.7 Å². The van der Waals surface area contributed by atoms with Gasteiger partial charge in [-0.25, -0.2) is 0 Å². The first-order valence-corrected chi connectivity index (χ1v) is 11.0. The maximum absolute atomic E-state index is 6.30. The van der Waals surface area contributed by atoms with Crippen LogP contribution in [0.3, 0.4) is 0 Å². The van der Waals surface area contributed by atoms with Crippen LogP contribution in [0.4, 0.5) is 5.69 Å². The highest BCUT2D eigenvalue weighted by atomic mass is 35.5. The van der Waals surface area contributed by atoms with Crippen molar-refractivity contribution in [3.63, 3.8) is 0 Å². The van der Waals surface area contributed by atoms with Crippen LogP contribution >= 0.6 is 23.2 Å². The Hall–Kier alpha value is -2.62. The number of ether oxygens (including phenoxy) is 2. The molecule has 0 aliphatic rings. The molecule has 0 saturated heterocycles. The quantitative estimate of drug-likeness (QED) is 0.318. The second-order valence-corrected chi connectivity index (χ2v) is 8.04. The fourth-order valence-corrected chi connectivity index (χ4v) is 3.67. The summed E-state index contributed by atoms with van der Waals surface area (Å²) in [4.78, 5) is 0. The van der Waals surface area contributed by atoms with Crippen molar-refractivity contribution in [1.29, 1.82) is 0 Å². The summed E-state index contributed by atoms with van der Waals surface area (Å²) in [5, 5.41) is 4.86. The van der Waals surface area contributed by atoms with Crippen molar-refractivity contribution in [3.8, 4) is 11.5 Å². The van der Waals surface area contributed by atoms with Gasteiger partial charge in [0.1, 0.15) is 6.61 Å². The number of benzene rings is 3. The molecule has 0 spiro atoms. The van der Waals surface area contributed by atoms with Crippen molar-refractivity contribution in [2.75, 3.05) is 11.9 Å². The number of aryl methyl sites for hydroxylation is 1. The smallest absolute Gasteiger partial charge is 0.165 e. The van der Waals surface area contributed by atoms with Crippen LogP contribution < -0.4 is 14.8 Å². The van der Waals surface area contributed by atoms with Crippen molar-refractivity contribution >= 4 is 28.9 Å². The van der Waals surface area contributed by atoms with Crippen molar-refractivity contribution in [2.24, 2.45) is 0 Å². The summed E-state index contributed by atoms with van der Waals surface area (Å²) in [5.74, 6) is 1.44. The van der Waals surface area contributed by atoms with E-state index in [1.54, 1.807) is 0 Å². The normalized spacial score (nSPS) is 10.6. The molecule has 0 bridgehead atoms. The van der Waals surface area contributed by atoms with Crippen LogP contribution in [0.15, 0.2) is 67.3 Å². The highest BCUT2D eigenvalue weighted by Crippen LogP contribution is 2.35. The lowest BCUT2D eigenvalue weighted by atomic mass is 10.0. The summed E-state index contributed by atoms with van der Waals surface area (Å²) in [6, 6.07) is 17.7. The molecule has 0 aliphatic carbocycles. The second-order valence-electron chi connectivity index (χ2n) is 7.20. The molecule has 5 heteroatoms. The SMILES string of the molecule is C=CCc1cc(CNc2cc(Cl)ccc2C)cc(OCC)c1OCc1ccccc1Cl. The Bertz CT molecular complexity index is 1050. The lowest BCUT2D eigenvalue weighted by molar-refractivity contribution is 0.267. The van der Waals surface area contributed by atoms with Gasteiger partial charge >= 0.3 is 0 Å². The largest absolute Gasteiger partial charge is 0.490 e. The van der Waals surface area contributed by atoms with Crippen molar-refractivity contribution in [2.45, 2.75) is 33.4 Å². The van der Waals surface area contributed by atoms with Gasteiger partial charge in [0.2, 0.25) is 0 Å². The summed E-state index contributed by atoms with van der Waals surface area (Å²) in [7, 11) is 0. The molecule has 0 radical (unpaired) electrons. The van der Waals surface area contributed by atoms with Crippen molar-refractivity contribution in [3.05, 3.63) is 99.6 Å². The molecular formula is C26H27Cl2NO2. The number of rotatable bonds is 10. The zero-order valence-corrected chi connectivity index (χ0v) is 19.4. The Morgan fingerprint density at radius 3 is 2.55 bits per heavy atom. The standard InChI is InChI=1S/C26H27Cl2NO2/c1-4-8-20-13-19(16-29-24-15-22(27)12-11-18(24)3)14-25(30-5-2)26(20)31-17-21-9-6-7-10-23(21)28/h4,6-7,9-15,29H,1,5,8,16-17H2,2-3H3. The molecule has 162 valence electrons. The number of hydrogen-bond acceptors (Lipinski definition) is 3. The third kappa shape index (κ3) is 6.19. The first kappa shape index (κ1) is 23.1. The Morgan fingerprint density at radius 1 is 1.00 bits per heavy atom. The van der Waals surface area contributed by atoms with Crippen LogP contribution in [0.25, 0.3) is 0 Å². The molecule has 0 heterocycles. The predicted octanol–water partition coefficient (Wildman–Crippen LogP) is 7.62. The van der Waals surface area contributed by atoms with E-state index >= 15 is 0 Å². The number of halogens is 2. The van der Waals surface area contributed by atoms with Crippen LogP contribution in [-0.2, 0) is 19.6 Å². The van der Waals surface area contributed by atoms with Gasteiger partial charge in [-0.1, -0.05) is 53.5 Å². The number of allylic oxidation sites excluding steroid dienone is 1. The highest BCUT2D eigenvalue weighted by Gasteiger charge is 2.14. The Kier molecular flexibility index (Phi) is 8.27. The molecule has 0 unspecified atom stereocenters. The van der Waals surface area contributed by atoms with E-state index in [1.807, 2.05) is 61.5 Å². The second kappa shape index (κ2) is 11.1. The molecule has 0 atom stereocenters. The Morgan fingerprint density at radius 2 is 1.81 bits per heavy atom. The van der Waals surface area contributed by atoms with Crippen LogP contribution in [0, 0.1) is 6.92 Å². The predicted molar refractivity (Wildman–Crippen MR) is 131 cm³/mol. The lowest BCUT2D eigenvalue weighted by Crippen LogP contribution is -2.06. The third-order valence-electron chi connectivity index (χ3n) is 4.87. The molecule has 31 heavy (non-hydrogen) atoms. The Labute approximate surface area is 194 Å². The molecular weight excluding hydrogens is 429 g/mol. The van der Waals surface area contributed by atoms with Gasteiger partial charge in [0.25, 0.3) is 0 Å². The zero-order valence-electron chi connectivity index (χ0n) is 17.9. The minimum absolute atomic E-state index is 0.364. The molecule has 3 aromatic carbocycles. The zero-order chi connectivity index (χ0) is 22.2. The molecule has 3 aromatic rings. The molecule has 3 rings (SSSR count). The first-order valence-electron chi connectivity index (χ1n) is 10.3. The maximum atomic E-state index is 6.30. The Balaban J connectivity index is 1.87. The summed E-state index contributed by atoms with van der Waals surface area (Å²) in [6.07, 6.45) is 2.54. The molecule has 0 fully saturated rings. The average molecular weight is 456 g/mol. The van der Waals surface area contributed by atoms with Gasteiger partial charge < -0.3 is 14.8 Å². The number of anilines is 1. The van der Waals surface area contributed by atoms with Crippen LogP contribution in [-0.4, -0.2) is 6.61 Å². The maximum Gasteiger partial charge on any atom is 0.165 e. The molecule has 0 aromatic heterocycles. The van der Waals surface area contributed by atoms with Crippen LogP contribution in [0.1, 0.15) is 29.2 Å². The van der Waals surface area contributed by atoms with Gasteiger partial charge in [0.05, 0.1) is 6.61 Å². The number of hydrogen-bond donors (Lipinski definition) is 1.